The Morgan fingerprint density at radius 2 is 2.00 bits per heavy atom. The van der Waals surface area contributed by atoms with Crippen LogP contribution in [0, 0.1) is 6.92 Å². The van der Waals surface area contributed by atoms with Gasteiger partial charge in [-0.2, -0.15) is 0 Å². The van der Waals surface area contributed by atoms with Gasteiger partial charge < -0.3 is 14.6 Å². The third-order valence-corrected chi connectivity index (χ3v) is 5.24. The molecule has 3 aromatic rings. The number of piperidine rings is 1. The number of nitrogens with one attached hydrogen (secondary N) is 1. The van der Waals surface area contributed by atoms with Crippen molar-refractivity contribution >= 4 is 16.9 Å². The van der Waals surface area contributed by atoms with E-state index in [9.17, 15) is 4.79 Å². The molecule has 0 spiro atoms. The van der Waals surface area contributed by atoms with E-state index in [-0.39, 0.29) is 5.91 Å². The number of ether oxygens (including phenoxy) is 1. The number of imidazole rings is 1. The summed E-state index contributed by atoms with van der Waals surface area (Å²) in [5.41, 5.74) is 3.98. The summed E-state index contributed by atoms with van der Waals surface area (Å²) in [5, 5.41) is 0. The molecular weight excluding hydrogens is 338 g/mol. The minimum atomic E-state index is 0.0535. The molecule has 1 aliphatic rings. The largest absolute Gasteiger partial charge is 0.493 e. The molecule has 27 heavy (non-hydrogen) atoms. The highest BCUT2D eigenvalue weighted by Crippen LogP contribution is 2.29. The number of aryl methyl sites for hydroxylation is 1. The average molecular weight is 363 g/mol. The zero-order chi connectivity index (χ0) is 18.8. The molecule has 1 aliphatic heterocycles. The molecule has 1 N–H and O–H groups in total. The van der Waals surface area contributed by atoms with Gasteiger partial charge in [-0.3, -0.25) is 4.79 Å². The first-order valence-corrected chi connectivity index (χ1v) is 9.63. The van der Waals surface area contributed by atoms with Crippen LogP contribution < -0.4 is 4.74 Å². The Balaban J connectivity index is 1.46. The fourth-order valence-electron chi connectivity index (χ4n) is 3.79. The summed E-state index contributed by atoms with van der Waals surface area (Å²) in [7, 11) is 0. The summed E-state index contributed by atoms with van der Waals surface area (Å²) in [6.07, 6.45) is 1.84. The summed E-state index contributed by atoms with van der Waals surface area (Å²) in [4.78, 5) is 23.1. The Bertz CT molecular complexity index is 955. The molecule has 0 atom stereocenters. The average Bonchev–Trinajstić information content (AvgIpc) is 3.11. The van der Waals surface area contributed by atoms with E-state index in [1.165, 1.54) is 5.56 Å². The molecule has 5 heteroatoms. The molecule has 5 nitrogen and oxygen atoms in total. The van der Waals surface area contributed by atoms with Crippen LogP contribution >= 0.6 is 0 Å². The van der Waals surface area contributed by atoms with Crippen LogP contribution in [0.25, 0.3) is 11.0 Å². The van der Waals surface area contributed by atoms with Gasteiger partial charge in [0, 0.05) is 19.0 Å². The Morgan fingerprint density at radius 3 is 2.78 bits per heavy atom. The van der Waals surface area contributed by atoms with Crippen LogP contribution in [0.4, 0.5) is 0 Å². The van der Waals surface area contributed by atoms with E-state index in [1.807, 2.05) is 36.1 Å². The fourth-order valence-corrected chi connectivity index (χ4v) is 3.79. The number of carbonyl (C=O) groups is 1. The maximum Gasteiger partial charge on any atom is 0.257 e. The van der Waals surface area contributed by atoms with Crippen LogP contribution in [0.1, 0.15) is 47.4 Å². The van der Waals surface area contributed by atoms with Crippen LogP contribution in [-0.2, 0) is 0 Å². The number of benzene rings is 2. The number of fused-ring (bicyclic) bond motifs is 1. The molecular formula is C22H25N3O2. The topological polar surface area (TPSA) is 58.2 Å². The monoisotopic (exact) mass is 363 g/mol. The van der Waals surface area contributed by atoms with Gasteiger partial charge in [0.15, 0.2) is 0 Å². The molecule has 1 saturated heterocycles. The number of amides is 1. The van der Waals surface area contributed by atoms with Crippen molar-refractivity contribution in [3.05, 3.63) is 59.4 Å². The van der Waals surface area contributed by atoms with Crippen molar-refractivity contribution in [2.75, 3.05) is 19.7 Å². The third kappa shape index (κ3) is 3.54. The van der Waals surface area contributed by atoms with Crippen molar-refractivity contribution in [2.45, 2.75) is 32.6 Å². The van der Waals surface area contributed by atoms with Crippen molar-refractivity contribution in [3.8, 4) is 5.75 Å². The van der Waals surface area contributed by atoms with Gasteiger partial charge in [0.25, 0.3) is 5.91 Å². The van der Waals surface area contributed by atoms with E-state index >= 15 is 0 Å². The van der Waals surface area contributed by atoms with Gasteiger partial charge in [0.2, 0.25) is 0 Å². The summed E-state index contributed by atoms with van der Waals surface area (Å²) in [6.45, 7) is 6.05. The first-order chi connectivity index (χ1) is 13.2. The molecule has 0 saturated carbocycles. The second-order valence-corrected chi connectivity index (χ2v) is 7.14. The highest BCUT2D eigenvalue weighted by Gasteiger charge is 2.27. The lowest BCUT2D eigenvalue weighted by molar-refractivity contribution is 0.0707. The first-order valence-electron chi connectivity index (χ1n) is 9.63. The van der Waals surface area contributed by atoms with E-state index in [4.69, 9.17) is 9.72 Å². The molecule has 0 radical (unpaired) electrons. The number of para-hydroxylation sites is 1. The number of H-pyrrole nitrogens is 1. The zero-order valence-electron chi connectivity index (χ0n) is 15.9. The lowest BCUT2D eigenvalue weighted by Gasteiger charge is -2.31. The van der Waals surface area contributed by atoms with E-state index in [1.54, 1.807) is 0 Å². The molecule has 1 amide bonds. The minimum Gasteiger partial charge on any atom is -0.493 e. The molecule has 0 unspecified atom stereocenters. The number of carbonyl (C=O) groups excluding carboxylic acids is 1. The number of aromatic amines is 1. The van der Waals surface area contributed by atoms with Crippen LogP contribution in [0.2, 0.25) is 0 Å². The normalized spacial score (nSPS) is 15.3. The highest BCUT2D eigenvalue weighted by atomic mass is 16.5. The smallest absolute Gasteiger partial charge is 0.257 e. The summed E-state index contributed by atoms with van der Waals surface area (Å²) < 4.78 is 5.62. The van der Waals surface area contributed by atoms with Gasteiger partial charge in [-0.05, 0) is 56.5 Å². The van der Waals surface area contributed by atoms with Crippen molar-refractivity contribution in [2.24, 2.45) is 0 Å². The van der Waals surface area contributed by atoms with Gasteiger partial charge in [-0.1, -0.05) is 18.2 Å². The summed E-state index contributed by atoms with van der Waals surface area (Å²) >= 11 is 0. The van der Waals surface area contributed by atoms with Crippen molar-refractivity contribution in [3.63, 3.8) is 0 Å². The lowest BCUT2D eigenvalue weighted by Crippen LogP contribution is -2.38. The lowest BCUT2D eigenvalue weighted by atomic mass is 9.95. The number of likely N-dealkylation sites (tertiary alicyclic amines) is 1. The van der Waals surface area contributed by atoms with Gasteiger partial charge in [-0.15, -0.1) is 0 Å². The number of nitrogens with zero attached hydrogens (tertiary/aromatic N) is 2. The quantitative estimate of drug-likeness (QED) is 0.752. The number of hydrogen-bond acceptors (Lipinski definition) is 3. The molecule has 0 aliphatic carbocycles. The maximum absolute atomic E-state index is 12.9. The fraction of sp³-hybridized carbons (Fsp3) is 0.364. The first kappa shape index (κ1) is 17.6. The molecule has 1 fully saturated rings. The highest BCUT2D eigenvalue weighted by molar-refractivity contribution is 5.97. The van der Waals surface area contributed by atoms with Gasteiger partial charge in [0.05, 0.1) is 23.2 Å². The maximum atomic E-state index is 12.9. The Labute approximate surface area is 159 Å². The number of aromatic nitrogens is 2. The molecule has 4 rings (SSSR count). The molecule has 1 aromatic heterocycles. The summed E-state index contributed by atoms with van der Waals surface area (Å²) in [6, 6.07) is 13.8. The molecule has 140 valence electrons. The van der Waals surface area contributed by atoms with Crippen LogP contribution in [-0.4, -0.2) is 40.5 Å². The summed E-state index contributed by atoms with van der Waals surface area (Å²) in [5.74, 6) is 2.12. The SMILES string of the molecule is CCOc1ccccc1C(=O)N1CCC(c2nc3ccc(C)cc3[nH]2)CC1. The van der Waals surface area contributed by atoms with Gasteiger partial charge in [-0.25, -0.2) is 4.98 Å². The number of hydrogen-bond donors (Lipinski definition) is 1. The zero-order valence-corrected chi connectivity index (χ0v) is 15.9. The second-order valence-electron chi connectivity index (χ2n) is 7.14. The Morgan fingerprint density at radius 1 is 1.22 bits per heavy atom. The van der Waals surface area contributed by atoms with Crippen LogP contribution in [0.5, 0.6) is 5.75 Å². The predicted molar refractivity (Wildman–Crippen MR) is 106 cm³/mol. The van der Waals surface area contributed by atoms with Crippen LogP contribution in [0.3, 0.4) is 0 Å². The number of rotatable bonds is 4. The van der Waals surface area contributed by atoms with E-state index in [2.05, 4.69) is 30.1 Å². The minimum absolute atomic E-state index is 0.0535. The standard InChI is InChI=1S/C22H25N3O2/c1-3-27-20-7-5-4-6-17(20)22(26)25-12-10-16(11-13-25)21-23-18-9-8-15(2)14-19(18)24-21/h4-9,14,16H,3,10-13H2,1-2H3,(H,23,24). The van der Waals surface area contributed by atoms with Crippen molar-refractivity contribution in [1.29, 1.82) is 0 Å². The second kappa shape index (κ2) is 7.43. The molecule has 0 bridgehead atoms. The van der Waals surface area contributed by atoms with Gasteiger partial charge in [0.1, 0.15) is 11.6 Å². The van der Waals surface area contributed by atoms with Crippen LogP contribution in [0.15, 0.2) is 42.5 Å². The van der Waals surface area contributed by atoms with Gasteiger partial charge >= 0.3 is 0 Å². The predicted octanol–water partition coefficient (Wildman–Crippen LogP) is 4.29. The Kier molecular flexibility index (Phi) is 4.84. The van der Waals surface area contributed by atoms with Crippen molar-refractivity contribution < 1.29 is 9.53 Å². The third-order valence-electron chi connectivity index (χ3n) is 5.24. The van der Waals surface area contributed by atoms with E-state index in [0.717, 1.165) is 42.8 Å². The van der Waals surface area contributed by atoms with Crippen molar-refractivity contribution in [1.82, 2.24) is 14.9 Å². The van der Waals surface area contributed by atoms with E-state index in [0.29, 0.717) is 23.8 Å². The molecule has 2 heterocycles. The molecule has 2 aromatic carbocycles. The Hall–Kier alpha value is -2.82. The van der Waals surface area contributed by atoms with E-state index < -0.39 is 0 Å².